The third-order valence-electron chi connectivity index (χ3n) is 6.42. The number of anilines is 1. The molecule has 1 amide bonds. The zero-order valence-corrected chi connectivity index (χ0v) is 19.9. The molecule has 0 aliphatic carbocycles. The molecule has 1 fully saturated rings. The van der Waals surface area contributed by atoms with Crippen molar-refractivity contribution in [3.63, 3.8) is 0 Å². The molecule has 2 aromatic rings. The van der Waals surface area contributed by atoms with Crippen LogP contribution in [0, 0.1) is 11.8 Å². The Morgan fingerprint density at radius 2 is 1.69 bits per heavy atom. The van der Waals surface area contributed by atoms with Gasteiger partial charge in [-0.1, -0.05) is 19.1 Å². The molecule has 174 valence electrons. The van der Waals surface area contributed by atoms with Crippen LogP contribution in [0.3, 0.4) is 0 Å². The molecule has 1 saturated heterocycles. The molecular formula is C26H36N2O4. The van der Waals surface area contributed by atoms with Crippen molar-refractivity contribution >= 4 is 11.6 Å². The lowest BCUT2D eigenvalue weighted by atomic mass is 9.83. The normalized spacial score (nSPS) is 18.8. The van der Waals surface area contributed by atoms with E-state index in [2.05, 4.69) is 36.3 Å². The number of carbonyl (C=O) groups is 1. The topological polar surface area (TPSA) is 60.0 Å². The van der Waals surface area contributed by atoms with Crippen LogP contribution in [0.5, 0.6) is 17.2 Å². The van der Waals surface area contributed by atoms with Gasteiger partial charge in [-0.2, -0.15) is 0 Å². The van der Waals surface area contributed by atoms with Crippen LogP contribution in [0.2, 0.25) is 0 Å². The van der Waals surface area contributed by atoms with E-state index < -0.39 is 0 Å². The van der Waals surface area contributed by atoms with E-state index in [0.717, 1.165) is 29.5 Å². The summed E-state index contributed by atoms with van der Waals surface area (Å²) < 4.78 is 16.1. The number of piperidine rings is 1. The number of amides is 1. The smallest absolute Gasteiger partial charge is 0.228 e. The van der Waals surface area contributed by atoms with Crippen molar-refractivity contribution in [1.82, 2.24) is 4.90 Å². The number of carbonyl (C=O) groups excluding carboxylic acids is 1. The fourth-order valence-corrected chi connectivity index (χ4v) is 4.57. The van der Waals surface area contributed by atoms with Gasteiger partial charge in [0.2, 0.25) is 11.7 Å². The van der Waals surface area contributed by atoms with Gasteiger partial charge in [0.1, 0.15) is 0 Å². The molecule has 6 heteroatoms. The summed E-state index contributed by atoms with van der Waals surface area (Å²) >= 11 is 0. The Hall–Kier alpha value is -2.73. The SMILES string of the molecule is COc1cc(CC(=O)Nc2ccc(CCC3CCN(C)CC3C)cc2)cc(OC)c1OC. The Morgan fingerprint density at radius 1 is 1.03 bits per heavy atom. The van der Waals surface area contributed by atoms with Gasteiger partial charge in [-0.3, -0.25) is 4.79 Å². The highest BCUT2D eigenvalue weighted by Gasteiger charge is 2.23. The number of benzene rings is 2. The number of ether oxygens (including phenoxy) is 3. The van der Waals surface area contributed by atoms with E-state index in [9.17, 15) is 4.79 Å². The predicted molar refractivity (Wildman–Crippen MR) is 128 cm³/mol. The van der Waals surface area contributed by atoms with Gasteiger partial charge in [0.15, 0.2) is 11.5 Å². The molecule has 32 heavy (non-hydrogen) atoms. The fourth-order valence-electron chi connectivity index (χ4n) is 4.57. The lowest BCUT2D eigenvalue weighted by Gasteiger charge is -2.34. The van der Waals surface area contributed by atoms with Gasteiger partial charge in [0, 0.05) is 12.2 Å². The summed E-state index contributed by atoms with van der Waals surface area (Å²) in [5.41, 5.74) is 2.92. The molecule has 3 rings (SSSR count). The van der Waals surface area contributed by atoms with E-state index in [1.165, 1.54) is 31.5 Å². The summed E-state index contributed by atoms with van der Waals surface area (Å²) in [6.45, 7) is 4.76. The summed E-state index contributed by atoms with van der Waals surface area (Å²) in [7, 11) is 6.90. The van der Waals surface area contributed by atoms with Crippen LogP contribution < -0.4 is 19.5 Å². The lowest BCUT2D eigenvalue weighted by molar-refractivity contribution is -0.115. The van der Waals surface area contributed by atoms with Crippen LogP contribution in [-0.4, -0.2) is 52.3 Å². The zero-order valence-electron chi connectivity index (χ0n) is 19.9. The van der Waals surface area contributed by atoms with Crippen LogP contribution in [0.1, 0.15) is 30.9 Å². The second kappa shape index (κ2) is 11.2. The van der Waals surface area contributed by atoms with Crippen molar-refractivity contribution in [2.75, 3.05) is 46.8 Å². The van der Waals surface area contributed by atoms with Gasteiger partial charge in [0.25, 0.3) is 0 Å². The van der Waals surface area contributed by atoms with Crippen LogP contribution >= 0.6 is 0 Å². The number of nitrogens with one attached hydrogen (secondary N) is 1. The van der Waals surface area contributed by atoms with Gasteiger partial charge in [0.05, 0.1) is 27.8 Å². The molecule has 0 bridgehead atoms. The van der Waals surface area contributed by atoms with Gasteiger partial charge in [-0.15, -0.1) is 0 Å². The van der Waals surface area contributed by atoms with Crippen molar-refractivity contribution in [1.29, 1.82) is 0 Å². The highest BCUT2D eigenvalue weighted by molar-refractivity contribution is 5.92. The van der Waals surface area contributed by atoms with Crippen LogP contribution in [0.25, 0.3) is 0 Å². The number of nitrogens with zero attached hydrogens (tertiary/aromatic N) is 1. The molecule has 1 aliphatic heterocycles. The second-order valence-electron chi connectivity index (χ2n) is 8.78. The molecule has 0 spiro atoms. The molecule has 2 atom stereocenters. The van der Waals surface area contributed by atoms with Crippen molar-refractivity contribution in [2.24, 2.45) is 11.8 Å². The third-order valence-corrected chi connectivity index (χ3v) is 6.42. The first-order valence-electron chi connectivity index (χ1n) is 11.3. The van der Waals surface area contributed by atoms with Crippen molar-refractivity contribution in [2.45, 2.75) is 32.6 Å². The summed E-state index contributed by atoms with van der Waals surface area (Å²) in [5, 5.41) is 2.98. The molecule has 2 aromatic carbocycles. The quantitative estimate of drug-likeness (QED) is 0.626. The fraction of sp³-hybridized carbons (Fsp3) is 0.500. The summed E-state index contributed by atoms with van der Waals surface area (Å²) in [6.07, 6.45) is 3.81. The molecule has 0 aromatic heterocycles. The Labute approximate surface area is 191 Å². The van der Waals surface area contributed by atoms with E-state index in [1.54, 1.807) is 33.5 Å². The van der Waals surface area contributed by atoms with E-state index in [-0.39, 0.29) is 12.3 Å². The summed E-state index contributed by atoms with van der Waals surface area (Å²) in [4.78, 5) is 15.0. The Kier molecular flexibility index (Phi) is 8.39. The summed E-state index contributed by atoms with van der Waals surface area (Å²) in [5.74, 6) is 3.05. The lowest BCUT2D eigenvalue weighted by Crippen LogP contribution is -2.36. The maximum Gasteiger partial charge on any atom is 0.228 e. The zero-order chi connectivity index (χ0) is 23.1. The second-order valence-corrected chi connectivity index (χ2v) is 8.78. The molecule has 1 N–H and O–H groups in total. The first-order chi connectivity index (χ1) is 15.4. The Bertz CT molecular complexity index is 872. The number of rotatable bonds is 9. The van der Waals surface area contributed by atoms with Crippen molar-refractivity contribution in [3.8, 4) is 17.2 Å². The van der Waals surface area contributed by atoms with Crippen LogP contribution in [0.15, 0.2) is 36.4 Å². The average molecular weight is 441 g/mol. The number of aryl methyl sites for hydroxylation is 1. The molecule has 0 saturated carbocycles. The Balaban J connectivity index is 1.55. The van der Waals surface area contributed by atoms with Crippen molar-refractivity contribution in [3.05, 3.63) is 47.5 Å². The first kappa shape index (κ1) is 23.9. The van der Waals surface area contributed by atoms with E-state index >= 15 is 0 Å². The number of likely N-dealkylation sites (tertiary alicyclic amines) is 1. The number of hydrogen-bond acceptors (Lipinski definition) is 5. The molecule has 1 heterocycles. The Morgan fingerprint density at radius 3 is 2.25 bits per heavy atom. The highest BCUT2D eigenvalue weighted by atomic mass is 16.5. The van der Waals surface area contributed by atoms with Crippen LogP contribution in [-0.2, 0) is 17.6 Å². The minimum atomic E-state index is -0.0906. The van der Waals surface area contributed by atoms with E-state index in [1.807, 2.05) is 12.1 Å². The average Bonchev–Trinajstić information content (AvgIpc) is 2.78. The van der Waals surface area contributed by atoms with E-state index in [0.29, 0.717) is 17.2 Å². The highest BCUT2D eigenvalue weighted by Crippen LogP contribution is 2.38. The van der Waals surface area contributed by atoms with Gasteiger partial charge in [-0.05, 0) is 80.1 Å². The third kappa shape index (κ3) is 6.16. The number of hydrogen-bond donors (Lipinski definition) is 1. The van der Waals surface area contributed by atoms with Gasteiger partial charge < -0.3 is 24.4 Å². The molecule has 0 radical (unpaired) electrons. The maximum atomic E-state index is 12.6. The van der Waals surface area contributed by atoms with Gasteiger partial charge >= 0.3 is 0 Å². The standard InChI is InChI=1S/C26H36N2O4/c1-18-17-28(2)13-12-21(18)9-6-19-7-10-22(11-8-19)27-25(29)16-20-14-23(30-3)26(32-5)24(15-20)31-4/h7-8,10-11,14-15,18,21H,6,9,12-13,16-17H2,1-5H3,(H,27,29). The maximum absolute atomic E-state index is 12.6. The monoisotopic (exact) mass is 440 g/mol. The van der Waals surface area contributed by atoms with Crippen molar-refractivity contribution < 1.29 is 19.0 Å². The molecule has 2 unspecified atom stereocenters. The molecule has 6 nitrogen and oxygen atoms in total. The van der Waals surface area contributed by atoms with E-state index in [4.69, 9.17) is 14.2 Å². The minimum Gasteiger partial charge on any atom is -0.493 e. The first-order valence-corrected chi connectivity index (χ1v) is 11.3. The molecule has 1 aliphatic rings. The largest absolute Gasteiger partial charge is 0.493 e. The van der Waals surface area contributed by atoms with Gasteiger partial charge in [-0.25, -0.2) is 0 Å². The predicted octanol–water partition coefficient (Wildman–Crippen LogP) is 4.41. The summed E-state index contributed by atoms with van der Waals surface area (Å²) in [6, 6.07) is 11.8. The van der Waals surface area contributed by atoms with Crippen LogP contribution in [0.4, 0.5) is 5.69 Å². The molecular weight excluding hydrogens is 404 g/mol. The number of methoxy groups -OCH3 is 3. The minimum absolute atomic E-state index is 0.0906.